The summed E-state index contributed by atoms with van der Waals surface area (Å²) in [7, 11) is 0. The first-order valence-corrected chi connectivity index (χ1v) is 6.58. The molecule has 2 aromatic heterocycles. The molecule has 98 valence electrons. The van der Waals surface area contributed by atoms with E-state index in [-0.39, 0.29) is 0 Å². The van der Waals surface area contributed by atoms with Crippen LogP contribution in [0.5, 0.6) is 0 Å². The minimum Gasteiger partial charge on any atom is -0.441 e. The summed E-state index contributed by atoms with van der Waals surface area (Å²) in [5.74, 6) is 1.97. The monoisotopic (exact) mass is 268 g/mol. The topological polar surface area (TPSA) is 51.2 Å². The van der Waals surface area contributed by atoms with Crippen molar-refractivity contribution in [2.75, 3.05) is 13.1 Å². The molecule has 2 rings (SSSR count). The predicted octanol–water partition coefficient (Wildman–Crippen LogP) is 3.52. The van der Waals surface area contributed by atoms with E-state index in [9.17, 15) is 0 Å². The number of oxazole rings is 1. The Morgan fingerprint density at radius 3 is 2.83 bits per heavy atom. The molecule has 0 saturated heterocycles. The molecular weight excluding hydrogens is 252 g/mol. The van der Waals surface area contributed by atoms with Gasteiger partial charge in [-0.05, 0) is 49.7 Å². The Hall–Kier alpha value is -1.26. The molecular formula is C13H17ClN2O2. The molecule has 0 saturated carbocycles. The summed E-state index contributed by atoms with van der Waals surface area (Å²) >= 11 is 5.71. The van der Waals surface area contributed by atoms with Crippen molar-refractivity contribution in [2.45, 2.75) is 26.2 Å². The lowest BCUT2D eigenvalue weighted by molar-refractivity contribution is 0.473. The van der Waals surface area contributed by atoms with Gasteiger partial charge in [-0.3, -0.25) is 0 Å². The van der Waals surface area contributed by atoms with E-state index < -0.39 is 0 Å². The summed E-state index contributed by atoms with van der Waals surface area (Å²) in [5, 5.41) is 3.70. The summed E-state index contributed by atoms with van der Waals surface area (Å²) < 4.78 is 10.9. The van der Waals surface area contributed by atoms with Crippen molar-refractivity contribution in [2.24, 2.45) is 0 Å². The van der Waals surface area contributed by atoms with Crippen LogP contribution in [0.4, 0.5) is 0 Å². The molecule has 0 atom stereocenters. The molecule has 0 fully saturated rings. The number of nitrogens with zero attached hydrogens (tertiary/aromatic N) is 1. The lowest BCUT2D eigenvalue weighted by Crippen LogP contribution is -2.16. The van der Waals surface area contributed by atoms with Crippen molar-refractivity contribution < 1.29 is 8.83 Å². The van der Waals surface area contributed by atoms with Gasteiger partial charge in [0, 0.05) is 6.42 Å². The molecule has 0 bridgehead atoms. The van der Waals surface area contributed by atoms with Crippen LogP contribution in [0, 0.1) is 0 Å². The largest absolute Gasteiger partial charge is 0.441 e. The number of aryl methyl sites for hydroxylation is 1. The standard InChI is InChI=1S/C13H17ClN2O2/c1-2-7-15-8-3-4-13-16-9-11(18-13)10-5-6-12(14)17-10/h5-6,9,15H,2-4,7-8H2,1H3. The molecule has 1 N–H and O–H groups in total. The second-order valence-electron chi connectivity index (χ2n) is 4.08. The maximum Gasteiger partial charge on any atom is 0.195 e. The number of aromatic nitrogens is 1. The van der Waals surface area contributed by atoms with Gasteiger partial charge in [-0.1, -0.05) is 6.92 Å². The van der Waals surface area contributed by atoms with Gasteiger partial charge in [0.05, 0.1) is 6.20 Å². The van der Waals surface area contributed by atoms with Gasteiger partial charge >= 0.3 is 0 Å². The summed E-state index contributed by atoms with van der Waals surface area (Å²) in [6, 6.07) is 3.46. The SMILES string of the molecule is CCCNCCCc1ncc(-c2ccc(Cl)o2)o1. The zero-order valence-corrected chi connectivity index (χ0v) is 11.2. The zero-order chi connectivity index (χ0) is 12.8. The maximum atomic E-state index is 5.71. The lowest BCUT2D eigenvalue weighted by atomic mass is 10.3. The van der Waals surface area contributed by atoms with Crippen molar-refractivity contribution in [3.05, 3.63) is 29.4 Å². The zero-order valence-electron chi connectivity index (χ0n) is 10.4. The van der Waals surface area contributed by atoms with E-state index in [2.05, 4.69) is 17.2 Å². The van der Waals surface area contributed by atoms with E-state index in [1.807, 2.05) is 0 Å². The van der Waals surface area contributed by atoms with Crippen molar-refractivity contribution in [1.82, 2.24) is 10.3 Å². The van der Waals surface area contributed by atoms with Crippen LogP contribution in [0.1, 0.15) is 25.7 Å². The second kappa shape index (κ2) is 6.61. The molecule has 0 aliphatic carbocycles. The minimum absolute atomic E-state index is 0.353. The van der Waals surface area contributed by atoms with Crippen molar-refractivity contribution in [1.29, 1.82) is 0 Å². The molecule has 4 nitrogen and oxygen atoms in total. The highest BCUT2D eigenvalue weighted by Crippen LogP contribution is 2.25. The average Bonchev–Trinajstić information content (AvgIpc) is 2.97. The van der Waals surface area contributed by atoms with Gasteiger partial charge in [0.25, 0.3) is 0 Å². The van der Waals surface area contributed by atoms with E-state index in [1.165, 1.54) is 0 Å². The first kappa shape index (κ1) is 13.2. The normalized spacial score (nSPS) is 11.0. The highest BCUT2D eigenvalue weighted by molar-refractivity contribution is 6.28. The van der Waals surface area contributed by atoms with E-state index in [0.29, 0.717) is 16.7 Å². The molecule has 0 spiro atoms. The van der Waals surface area contributed by atoms with Crippen molar-refractivity contribution >= 4 is 11.6 Å². The fourth-order valence-corrected chi connectivity index (χ4v) is 1.80. The van der Waals surface area contributed by atoms with E-state index in [4.69, 9.17) is 20.4 Å². The Labute approximate surface area is 111 Å². The molecule has 0 radical (unpaired) electrons. The molecule has 0 unspecified atom stereocenters. The predicted molar refractivity (Wildman–Crippen MR) is 70.7 cm³/mol. The third-order valence-corrected chi connectivity index (χ3v) is 2.74. The average molecular weight is 269 g/mol. The molecule has 0 aliphatic heterocycles. The summed E-state index contributed by atoms with van der Waals surface area (Å²) in [5.41, 5.74) is 0. The fraction of sp³-hybridized carbons (Fsp3) is 0.462. The summed E-state index contributed by atoms with van der Waals surface area (Å²) in [4.78, 5) is 4.22. The Morgan fingerprint density at radius 1 is 1.22 bits per heavy atom. The third kappa shape index (κ3) is 3.62. The van der Waals surface area contributed by atoms with Crippen LogP contribution < -0.4 is 5.32 Å². The molecule has 2 heterocycles. The van der Waals surface area contributed by atoms with Gasteiger partial charge in [-0.15, -0.1) is 0 Å². The molecule has 2 aromatic rings. The highest BCUT2D eigenvalue weighted by atomic mass is 35.5. The summed E-state index contributed by atoms with van der Waals surface area (Å²) in [6.45, 7) is 4.20. The number of nitrogens with one attached hydrogen (secondary N) is 1. The van der Waals surface area contributed by atoms with E-state index in [0.717, 1.165) is 38.2 Å². The lowest BCUT2D eigenvalue weighted by Gasteiger charge is -2.00. The Bertz CT molecular complexity index is 479. The van der Waals surface area contributed by atoms with Gasteiger partial charge in [0.1, 0.15) is 0 Å². The molecule has 0 amide bonds. The molecule has 0 aliphatic rings. The summed E-state index contributed by atoms with van der Waals surface area (Å²) in [6.07, 6.45) is 4.66. The molecule has 18 heavy (non-hydrogen) atoms. The first-order valence-electron chi connectivity index (χ1n) is 6.20. The van der Waals surface area contributed by atoms with Gasteiger partial charge < -0.3 is 14.2 Å². The molecule has 5 heteroatoms. The maximum absolute atomic E-state index is 5.71. The highest BCUT2D eigenvalue weighted by Gasteiger charge is 2.09. The number of halogens is 1. The second-order valence-corrected chi connectivity index (χ2v) is 4.45. The fourth-order valence-electron chi connectivity index (χ4n) is 1.65. The molecule has 0 aromatic carbocycles. The third-order valence-electron chi connectivity index (χ3n) is 2.54. The Balaban J connectivity index is 1.83. The van der Waals surface area contributed by atoms with Gasteiger partial charge in [0.2, 0.25) is 0 Å². The number of furan rings is 1. The first-order chi connectivity index (χ1) is 8.79. The van der Waals surface area contributed by atoms with Crippen LogP contribution in [-0.4, -0.2) is 18.1 Å². The smallest absolute Gasteiger partial charge is 0.195 e. The van der Waals surface area contributed by atoms with E-state index >= 15 is 0 Å². The van der Waals surface area contributed by atoms with E-state index in [1.54, 1.807) is 18.3 Å². The van der Waals surface area contributed by atoms with Crippen molar-refractivity contribution in [3.63, 3.8) is 0 Å². The quantitative estimate of drug-likeness (QED) is 0.781. The number of hydrogen-bond acceptors (Lipinski definition) is 4. The van der Waals surface area contributed by atoms with Crippen LogP contribution in [-0.2, 0) is 6.42 Å². The number of rotatable bonds is 7. The van der Waals surface area contributed by atoms with Crippen LogP contribution in [0.15, 0.2) is 27.2 Å². The van der Waals surface area contributed by atoms with Crippen LogP contribution in [0.25, 0.3) is 11.5 Å². The van der Waals surface area contributed by atoms with Crippen LogP contribution in [0.3, 0.4) is 0 Å². The van der Waals surface area contributed by atoms with Gasteiger partial charge in [0.15, 0.2) is 22.6 Å². The Morgan fingerprint density at radius 2 is 2.11 bits per heavy atom. The van der Waals surface area contributed by atoms with Crippen molar-refractivity contribution in [3.8, 4) is 11.5 Å². The van der Waals surface area contributed by atoms with Gasteiger partial charge in [-0.25, -0.2) is 4.98 Å². The number of hydrogen-bond donors (Lipinski definition) is 1. The van der Waals surface area contributed by atoms with Crippen LogP contribution >= 0.6 is 11.6 Å². The van der Waals surface area contributed by atoms with Gasteiger partial charge in [-0.2, -0.15) is 0 Å². The minimum atomic E-state index is 0.353. The Kier molecular flexibility index (Phi) is 4.84. The van der Waals surface area contributed by atoms with Crippen LogP contribution in [0.2, 0.25) is 5.22 Å².